The molecule has 0 aliphatic heterocycles. The maximum Gasteiger partial charge on any atom is 0.419 e. The zero-order valence-corrected chi connectivity index (χ0v) is 13.0. The molecule has 0 amide bonds. The molecule has 0 saturated carbocycles. The molecule has 102 valence electrons. The van der Waals surface area contributed by atoms with Crippen LogP contribution in [0.2, 0.25) is 0 Å². The molecule has 2 aromatic heterocycles. The Morgan fingerprint density at radius 3 is 2.80 bits per heavy atom. The van der Waals surface area contributed by atoms with Crippen LogP contribution in [0.3, 0.4) is 0 Å². The van der Waals surface area contributed by atoms with Crippen molar-refractivity contribution < 1.29 is 9.21 Å². The zero-order valence-electron chi connectivity index (χ0n) is 10.6. The minimum absolute atomic E-state index is 0.0826. The summed E-state index contributed by atoms with van der Waals surface area (Å²) in [6, 6.07) is 6.87. The van der Waals surface area contributed by atoms with Crippen molar-refractivity contribution in [2.45, 2.75) is 13.5 Å². The molecule has 4 nitrogen and oxygen atoms in total. The van der Waals surface area contributed by atoms with E-state index in [9.17, 15) is 9.59 Å². The molecule has 0 atom stereocenters. The number of nitrogens with zero attached hydrogens (tertiary/aromatic N) is 1. The van der Waals surface area contributed by atoms with Crippen LogP contribution < -0.4 is 5.76 Å². The normalized spacial score (nSPS) is 11.1. The highest BCUT2D eigenvalue weighted by molar-refractivity contribution is 9.11. The number of ketones is 1. The van der Waals surface area contributed by atoms with Crippen LogP contribution in [0.15, 0.2) is 42.6 Å². The van der Waals surface area contributed by atoms with Crippen molar-refractivity contribution >= 4 is 44.1 Å². The fourth-order valence-corrected chi connectivity index (χ4v) is 3.24. The molecule has 0 fully saturated rings. The Morgan fingerprint density at radius 1 is 1.35 bits per heavy atom. The first-order valence-electron chi connectivity index (χ1n) is 6.02. The molecule has 0 unspecified atom stereocenters. The summed E-state index contributed by atoms with van der Waals surface area (Å²) in [5.74, 6) is -0.480. The van der Waals surface area contributed by atoms with Gasteiger partial charge >= 0.3 is 5.76 Å². The molecular formula is C14H10BrNO3S. The lowest BCUT2D eigenvalue weighted by Crippen LogP contribution is -2.11. The van der Waals surface area contributed by atoms with Gasteiger partial charge in [-0.3, -0.25) is 9.36 Å². The van der Waals surface area contributed by atoms with E-state index >= 15 is 0 Å². The van der Waals surface area contributed by atoms with Crippen molar-refractivity contribution in [3.05, 3.63) is 55.1 Å². The van der Waals surface area contributed by atoms with E-state index in [4.69, 9.17) is 4.42 Å². The van der Waals surface area contributed by atoms with E-state index in [2.05, 4.69) is 15.9 Å². The van der Waals surface area contributed by atoms with Crippen molar-refractivity contribution in [2.24, 2.45) is 0 Å². The first kappa shape index (κ1) is 13.3. The fourth-order valence-electron chi connectivity index (χ4n) is 2.10. The number of benzene rings is 1. The molecule has 6 heteroatoms. The van der Waals surface area contributed by atoms with Crippen LogP contribution in [0.1, 0.15) is 22.8 Å². The number of oxazole rings is 1. The first-order chi connectivity index (χ1) is 9.60. The van der Waals surface area contributed by atoms with Crippen molar-refractivity contribution in [3.8, 4) is 0 Å². The van der Waals surface area contributed by atoms with Gasteiger partial charge in [0.1, 0.15) is 0 Å². The lowest BCUT2D eigenvalue weighted by atomic mass is 10.1. The molecule has 3 rings (SSSR count). The van der Waals surface area contributed by atoms with Crippen LogP contribution in [0.25, 0.3) is 11.1 Å². The molecule has 1 aromatic carbocycles. The Labute approximate surface area is 126 Å². The van der Waals surface area contributed by atoms with Gasteiger partial charge in [-0.15, -0.1) is 11.3 Å². The fraction of sp³-hybridized carbons (Fsp3) is 0.143. The van der Waals surface area contributed by atoms with Gasteiger partial charge < -0.3 is 4.42 Å². The smallest absolute Gasteiger partial charge is 0.408 e. The van der Waals surface area contributed by atoms with E-state index < -0.39 is 5.76 Å². The molecule has 20 heavy (non-hydrogen) atoms. The van der Waals surface area contributed by atoms with Crippen molar-refractivity contribution in [2.75, 3.05) is 0 Å². The molecule has 0 aliphatic rings. The molecule has 0 bridgehead atoms. The van der Waals surface area contributed by atoms with Gasteiger partial charge in [-0.1, -0.05) is 0 Å². The Balaban J connectivity index is 2.09. The summed E-state index contributed by atoms with van der Waals surface area (Å²) in [4.78, 5) is 24.0. The van der Waals surface area contributed by atoms with Gasteiger partial charge in [0.25, 0.3) is 0 Å². The van der Waals surface area contributed by atoms with Gasteiger partial charge in [-0.2, -0.15) is 0 Å². The Hall–Kier alpha value is -1.66. The molecule has 0 N–H and O–H groups in total. The van der Waals surface area contributed by atoms with E-state index in [1.54, 1.807) is 29.6 Å². The predicted octanol–water partition coefficient (Wildman–Crippen LogP) is 3.67. The predicted molar refractivity (Wildman–Crippen MR) is 81.6 cm³/mol. The number of rotatable bonds is 3. The van der Waals surface area contributed by atoms with Crippen LogP contribution in [-0.4, -0.2) is 10.4 Å². The Kier molecular flexibility index (Phi) is 3.35. The number of thiophene rings is 1. The summed E-state index contributed by atoms with van der Waals surface area (Å²) in [5.41, 5.74) is 2.29. The summed E-state index contributed by atoms with van der Waals surface area (Å²) in [5, 5.41) is 1.80. The quantitative estimate of drug-likeness (QED) is 0.676. The monoisotopic (exact) mass is 351 g/mol. The average Bonchev–Trinajstić information content (AvgIpc) is 2.99. The molecular weight excluding hydrogens is 342 g/mol. The number of halogens is 1. The lowest BCUT2D eigenvalue weighted by molar-refractivity contribution is 0.103. The van der Waals surface area contributed by atoms with Gasteiger partial charge in [0.2, 0.25) is 0 Å². The van der Waals surface area contributed by atoms with Crippen LogP contribution >= 0.6 is 27.3 Å². The largest absolute Gasteiger partial charge is 0.419 e. The third kappa shape index (κ3) is 2.14. The summed E-state index contributed by atoms with van der Waals surface area (Å²) in [7, 11) is 0. The number of fused-ring (bicyclic) bond motifs is 1. The van der Waals surface area contributed by atoms with E-state index in [0.717, 1.165) is 3.79 Å². The minimum Gasteiger partial charge on any atom is -0.408 e. The second kappa shape index (κ2) is 5.03. The van der Waals surface area contributed by atoms with Gasteiger partial charge in [0.05, 0.1) is 9.30 Å². The Morgan fingerprint density at radius 2 is 2.15 bits per heavy atom. The van der Waals surface area contributed by atoms with Crippen LogP contribution in [-0.2, 0) is 6.54 Å². The standard InChI is InChI=1S/C14H10BrNO3S/c1-2-16-10-4-3-8(5-11(10)19-14(16)18)13(17)9-6-12(15)20-7-9/h3-7H,2H2,1H3. The van der Waals surface area contributed by atoms with Gasteiger partial charge in [-0.25, -0.2) is 4.79 Å². The summed E-state index contributed by atoms with van der Waals surface area (Å²) in [6.07, 6.45) is 0. The Bertz CT molecular complexity index is 859. The number of carbonyl (C=O) groups excluding carboxylic acids is 1. The maximum atomic E-state index is 12.3. The van der Waals surface area contributed by atoms with Crippen LogP contribution in [0.5, 0.6) is 0 Å². The van der Waals surface area contributed by atoms with Gasteiger partial charge in [-0.05, 0) is 47.1 Å². The average molecular weight is 352 g/mol. The molecule has 0 spiro atoms. The third-order valence-electron chi connectivity index (χ3n) is 3.08. The molecule has 3 aromatic rings. The van der Waals surface area contributed by atoms with Crippen molar-refractivity contribution in [1.82, 2.24) is 4.57 Å². The van der Waals surface area contributed by atoms with E-state index in [1.165, 1.54) is 15.9 Å². The third-order valence-corrected chi connectivity index (χ3v) is 4.58. The number of carbonyl (C=O) groups is 1. The number of aryl methyl sites for hydroxylation is 1. The zero-order chi connectivity index (χ0) is 14.3. The number of hydrogen-bond donors (Lipinski definition) is 0. The topological polar surface area (TPSA) is 52.2 Å². The lowest BCUT2D eigenvalue weighted by Gasteiger charge is -1.99. The van der Waals surface area contributed by atoms with Gasteiger partial charge in [0, 0.05) is 23.1 Å². The highest BCUT2D eigenvalue weighted by Crippen LogP contribution is 2.24. The molecule has 0 saturated heterocycles. The summed E-state index contributed by atoms with van der Waals surface area (Å²) < 4.78 is 7.61. The second-order valence-electron chi connectivity index (χ2n) is 4.26. The second-order valence-corrected chi connectivity index (χ2v) is 6.55. The summed E-state index contributed by atoms with van der Waals surface area (Å²) in [6.45, 7) is 2.41. The SMILES string of the molecule is CCn1c(=O)oc2cc(C(=O)c3csc(Br)c3)ccc21. The highest BCUT2D eigenvalue weighted by Gasteiger charge is 2.14. The van der Waals surface area contributed by atoms with E-state index in [1.807, 2.05) is 6.92 Å². The molecule has 2 heterocycles. The minimum atomic E-state index is -0.398. The molecule has 0 radical (unpaired) electrons. The van der Waals surface area contributed by atoms with Crippen molar-refractivity contribution in [3.63, 3.8) is 0 Å². The van der Waals surface area contributed by atoms with Crippen molar-refractivity contribution in [1.29, 1.82) is 0 Å². The molecule has 0 aliphatic carbocycles. The number of aromatic nitrogens is 1. The van der Waals surface area contributed by atoms with Crippen LogP contribution in [0.4, 0.5) is 0 Å². The van der Waals surface area contributed by atoms with Crippen LogP contribution in [0, 0.1) is 0 Å². The highest BCUT2D eigenvalue weighted by atomic mass is 79.9. The summed E-state index contributed by atoms with van der Waals surface area (Å²) >= 11 is 4.80. The maximum absolute atomic E-state index is 12.3. The van der Waals surface area contributed by atoms with E-state index in [-0.39, 0.29) is 5.78 Å². The van der Waals surface area contributed by atoms with E-state index in [0.29, 0.717) is 28.8 Å². The van der Waals surface area contributed by atoms with Gasteiger partial charge in [0.15, 0.2) is 11.4 Å². The first-order valence-corrected chi connectivity index (χ1v) is 7.69. The number of hydrogen-bond acceptors (Lipinski definition) is 4.